The van der Waals surface area contributed by atoms with Gasteiger partial charge in [0.2, 0.25) is 5.60 Å². The number of carboxylic acid groups (broad SMARTS) is 1. The molecule has 1 saturated heterocycles. The summed E-state index contributed by atoms with van der Waals surface area (Å²) >= 11 is 0. The molecule has 0 spiro atoms. The number of aliphatic carboxylic acids is 1. The quantitative estimate of drug-likeness (QED) is 0.482. The highest BCUT2D eigenvalue weighted by molar-refractivity contribution is 5.92. The van der Waals surface area contributed by atoms with E-state index in [1.165, 1.54) is 6.92 Å². The maximum Gasteiger partial charge on any atom is 0.307 e. The summed E-state index contributed by atoms with van der Waals surface area (Å²) in [4.78, 5) is 44.9. The first kappa shape index (κ1) is 18.1. The summed E-state index contributed by atoms with van der Waals surface area (Å²) in [5.41, 5.74) is -1.33. The maximum atomic E-state index is 12.3. The molecule has 1 rings (SSSR count). The highest BCUT2D eigenvalue weighted by Gasteiger charge is 2.47. The molecule has 0 amide bonds. The van der Waals surface area contributed by atoms with Crippen molar-refractivity contribution in [1.29, 1.82) is 0 Å². The van der Waals surface area contributed by atoms with Gasteiger partial charge in [-0.1, -0.05) is 12.8 Å². The zero-order chi connectivity index (χ0) is 16.6. The van der Waals surface area contributed by atoms with Crippen molar-refractivity contribution in [1.82, 2.24) is 0 Å². The van der Waals surface area contributed by atoms with Crippen LogP contribution in [0.4, 0.5) is 0 Å². The summed E-state index contributed by atoms with van der Waals surface area (Å²) in [6, 6.07) is 0. The molecule has 1 atom stereocenters. The fraction of sp³-hybridized carbons (Fsp3) is 0.733. The molecule has 0 bridgehead atoms. The smallest absolute Gasteiger partial charge is 0.307 e. The van der Waals surface area contributed by atoms with Gasteiger partial charge in [-0.05, 0) is 12.8 Å². The molecule has 7 nitrogen and oxygen atoms in total. The highest BCUT2D eigenvalue weighted by Crippen LogP contribution is 2.30. The van der Waals surface area contributed by atoms with E-state index in [2.05, 4.69) is 0 Å². The Kier molecular flexibility index (Phi) is 7.01. The van der Waals surface area contributed by atoms with E-state index in [0.29, 0.717) is 12.8 Å². The molecular formula is C15H22O7. The first-order valence-electron chi connectivity index (χ1n) is 7.46. The van der Waals surface area contributed by atoms with Crippen LogP contribution in [-0.2, 0) is 28.7 Å². The van der Waals surface area contributed by atoms with Gasteiger partial charge in [0.05, 0.1) is 0 Å². The predicted octanol–water partition coefficient (Wildman–Crippen LogP) is 1.62. The number of rotatable bonds is 10. The van der Waals surface area contributed by atoms with Gasteiger partial charge in [-0.25, -0.2) is 0 Å². The Labute approximate surface area is 129 Å². The Hall–Kier alpha value is -1.92. The Morgan fingerprint density at radius 3 is 2.32 bits per heavy atom. The average molecular weight is 314 g/mol. The number of carbonyl (C=O) groups is 4. The van der Waals surface area contributed by atoms with E-state index in [0.717, 1.165) is 12.8 Å². The van der Waals surface area contributed by atoms with Crippen molar-refractivity contribution >= 4 is 23.7 Å². The van der Waals surface area contributed by atoms with E-state index in [1.807, 2.05) is 0 Å². The molecule has 1 heterocycles. The molecule has 0 saturated carbocycles. The van der Waals surface area contributed by atoms with Crippen LogP contribution in [0.3, 0.4) is 0 Å². The Morgan fingerprint density at radius 2 is 1.82 bits per heavy atom. The molecule has 0 radical (unpaired) electrons. The fourth-order valence-corrected chi connectivity index (χ4v) is 2.36. The Bertz CT molecular complexity index is 443. The Balaban J connectivity index is 2.39. The van der Waals surface area contributed by atoms with E-state index >= 15 is 0 Å². The molecule has 0 aliphatic carbocycles. The van der Waals surface area contributed by atoms with Gasteiger partial charge in [0, 0.05) is 32.6 Å². The molecule has 22 heavy (non-hydrogen) atoms. The first-order chi connectivity index (χ1) is 10.4. The van der Waals surface area contributed by atoms with Crippen LogP contribution in [0.5, 0.6) is 0 Å². The van der Waals surface area contributed by atoms with E-state index in [9.17, 15) is 19.2 Å². The van der Waals surface area contributed by atoms with E-state index in [-0.39, 0.29) is 38.1 Å². The van der Waals surface area contributed by atoms with E-state index in [1.54, 1.807) is 0 Å². The van der Waals surface area contributed by atoms with Gasteiger partial charge in [0.1, 0.15) is 6.61 Å². The van der Waals surface area contributed by atoms with Crippen LogP contribution in [0.1, 0.15) is 58.3 Å². The zero-order valence-electron chi connectivity index (χ0n) is 12.8. The molecule has 7 heteroatoms. The normalized spacial score (nSPS) is 20.5. The van der Waals surface area contributed by atoms with Gasteiger partial charge in [0.15, 0.2) is 5.78 Å². The molecule has 124 valence electrons. The second-order valence-corrected chi connectivity index (χ2v) is 5.48. The van der Waals surface area contributed by atoms with Crippen molar-refractivity contribution in [3.8, 4) is 0 Å². The van der Waals surface area contributed by atoms with Gasteiger partial charge in [-0.15, -0.1) is 0 Å². The molecule has 1 aliphatic rings. The van der Waals surface area contributed by atoms with Crippen molar-refractivity contribution in [3.05, 3.63) is 0 Å². The fourth-order valence-electron chi connectivity index (χ4n) is 2.36. The second-order valence-electron chi connectivity index (χ2n) is 5.48. The second kappa shape index (κ2) is 8.51. The predicted molar refractivity (Wildman–Crippen MR) is 75.0 cm³/mol. The number of hydrogen-bond donors (Lipinski definition) is 1. The van der Waals surface area contributed by atoms with Crippen molar-refractivity contribution < 1.29 is 33.8 Å². The summed E-state index contributed by atoms with van der Waals surface area (Å²) in [7, 11) is 0. The monoisotopic (exact) mass is 314 g/mol. The lowest BCUT2D eigenvalue weighted by Crippen LogP contribution is -2.43. The van der Waals surface area contributed by atoms with Gasteiger partial charge < -0.3 is 14.6 Å². The first-order valence-corrected chi connectivity index (χ1v) is 7.46. The third-order valence-electron chi connectivity index (χ3n) is 3.60. The van der Waals surface area contributed by atoms with E-state index in [4.69, 9.17) is 14.6 Å². The molecule has 0 aromatic heterocycles. The number of esters is 2. The van der Waals surface area contributed by atoms with Gasteiger partial charge in [-0.2, -0.15) is 0 Å². The van der Waals surface area contributed by atoms with Crippen molar-refractivity contribution in [2.75, 3.05) is 6.61 Å². The third-order valence-corrected chi connectivity index (χ3v) is 3.60. The van der Waals surface area contributed by atoms with Crippen LogP contribution in [0.2, 0.25) is 0 Å². The van der Waals surface area contributed by atoms with Gasteiger partial charge >= 0.3 is 17.9 Å². The van der Waals surface area contributed by atoms with Crippen LogP contribution < -0.4 is 0 Å². The zero-order valence-corrected chi connectivity index (χ0v) is 12.8. The van der Waals surface area contributed by atoms with E-state index < -0.39 is 23.5 Å². The Morgan fingerprint density at radius 1 is 1.18 bits per heavy atom. The number of ether oxygens (including phenoxy) is 2. The summed E-state index contributed by atoms with van der Waals surface area (Å²) in [6.45, 7) is 1.00. The molecule has 1 aliphatic heterocycles. The molecule has 0 aromatic carbocycles. The van der Waals surface area contributed by atoms with Crippen LogP contribution in [0.15, 0.2) is 0 Å². The summed E-state index contributed by atoms with van der Waals surface area (Å²) in [5, 5.41) is 8.52. The summed E-state index contributed by atoms with van der Waals surface area (Å²) < 4.78 is 10.00. The van der Waals surface area contributed by atoms with Crippen LogP contribution in [-0.4, -0.2) is 41.0 Å². The minimum atomic E-state index is -1.33. The minimum Gasteiger partial charge on any atom is -0.481 e. The van der Waals surface area contributed by atoms with Crippen molar-refractivity contribution in [2.45, 2.75) is 63.9 Å². The van der Waals surface area contributed by atoms with Crippen LogP contribution >= 0.6 is 0 Å². The third kappa shape index (κ3) is 5.83. The number of carbonyl (C=O) groups excluding carboxylic acids is 3. The number of hydrogen-bond acceptors (Lipinski definition) is 6. The van der Waals surface area contributed by atoms with Crippen molar-refractivity contribution in [2.24, 2.45) is 0 Å². The lowest BCUT2D eigenvalue weighted by atomic mass is 9.92. The number of cyclic esters (lactones) is 1. The summed E-state index contributed by atoms with van der Waals surface area (Å²) in [5.74, 6) is -2.04. The molecule has 1 fully saturated rings. The van der Waals surface area contributed by atoms with Crippen molar-refractivity contribution in [3.63, 3.8) is 0 Å². The average Bonchev–Trinajstić information content (AvgIpc) is 2.82. The number of unbranched alkanes of at least 4 members (excludes halogenated alkanes) is 3. The standard InChI is InChI=1S/C15H22O7/c1-11(16)21-10-15(9-8-14(20)22-15)12(17)6-4-2-3-5-7-13(18)19/h2-10H2,1H3,(H,18,19). The molecule has 1 unspecified atom stereocenters. The summed E-state index contributed by atoms with van der Waals surface area (Å²) in [6.07, 6.45) is 3.37. The number of ketones is 1. The lowest BCUT2D eigenvalue weighted by molar-refractivity contribution is -0.168. The van der Waals surface area contributed by atoms with Crippen LogP contribution in [0, 0.1) is 0 Å². The van der Waals surface area contributed by atoms with Gasteiger partial charge in [0.25, 0.3) is 0 Å². The SMILES string of the molecule is CC(=O)OCC1(C(=O)CCCCCCC(=O)O)CCC(=O)O1. The maximum absolute atomic E-state index is 12.3. The highest BCUT2D eigenvalue weighted by atomic mass is 16.6. The molecule has 0 aromatic rings. The molecular weight excluding hydrogens is 292 g/mol. The number of Topliss-reactive ketones (excluding diaryl/α,β-unsaturated/α-hetero) is 1. The molecule has 1 N–H and O–H groups in total. The minimum absolute atomic E-state index is 0.127. The van der Waals surface area contributed by atoms with Gasteiger partial charge in [-0.3, -0.25) is 19.2 Å². The van der Waals surface area contributed by atoms with Crippen LogP contribution in [0.25, 0.3) is 0 Å². The topological polar surface area (TPSA) is 107 Å². The largest absolute Gasteiger partial charge is 0.481 e. The lowest BCUT2D eigenvalue weighted by Gasteiger charge is -2.25. The number of carboxylic acids is 1.